The first-order valence-corrected chi connectivity index (χ1v) is 7.64. The monoisotopic (exact) mass is 314 g/mol. The average molecular weight is 314 g/mol. The Morgan fingerprint density at radius 1 is 1.04 bits per heavy atom. The van der Waals surface area contributed by atoms with Crippen LogP contribution in [-0.2, 0) is 11.2 Å². The number of rotatable bonds is 8. The number of aliphatic hydroxyl groups is 2. The van der Waals surface area contributed by atoms with Crippen molar-refractivity contribution in [1.29, 1.82) is 0 Å². The first-order valence-electron chi connectivity index (χ1n) is 7.64. The zero-order valence-corrected chi connectivity index (χ0v) is 12.9. The van der Waals surface area contributed by atoms with Gasteiger partial charge in [0.2, 0.25) is 5.91 Å². The van der Waals surface area contributed by atoms with Crippen molar-refractivity contribution in [2.75, 3.05) is 23.8 Å². The molecule has 2 rings (SSSR count). The van der Waals surface area contributed by atoms with Crippen LogP contribution < -0.4 is 10.6 Å². The van der Waals surface area contributed by atoms with Crippen LogP contribution >= 0.6 is 0 Å². The number of nitrogens with one attached hydrogen (secondary N) is 2. The van der Waals surface area contributed by atoms with Crippen LogP contribution in [0.2, 0.25) is 0 Å². The van der Waals surface area contributed by atoms with E-state index in [2.05, 4.69) is 10.6 Å². The first kappa shape index (κ1) is 17.0. The number of hydrogen-bond acceptors (Lipinski definition) is 4. The molecule has 0 saturated carbocycles. The lowest BCUT2D eigenvalue weighted by Crippen LogP contribution is -2.23. The minimum atomic E-state index is -0.806. The summed E-state index contributed by atoms with van der Waals surface area (Å²) in [6.45, 7) is -0.0369. The molecule has 23 heavy (non-hydrogen) atoms. The molecule has 0 aromatic heterocycles. The molecule has 0 aliphatic carbocycles. The zero-order chi connectivity index (χ0) is 16.5. The van der Waals surface area contributed by atoms with Gasteiger partial charge < -0.3 is 20.8 Å². The van der Waals surface area contributed by atoms with Crippen molar-refractivity contribution in [2.45, 2.75) is 18.9 Å². The molecule has 0 saturated heterocycles. The van der Waals surface area contributed by atoms with Crippen LogP contribution in [0.1, 0.15) is 12.0 Å². The molecule has 0 aliphatic heterocycles. The Kier molecular flexibility index (Phi) is 6.59. The maximum atomic E-state index is 12.0. The molecular formula is C18H22N2O3. The fourth-order valence-electron chi connectivity index (χ4n) is 2.13. The summed E-state index contributed by atoms with van der Waals surface area (Å²) >= 11 is 0. The largest absolute Gasteiger partial charge is 0.394 e. The first-order chi connectivity index (χ1) is 11.2. The zero-order valence-electron chi connectivity index (χ0n) is 12.9. The highest BCUT2D eigenvalue weighted by atomic mass is 16.3. The molecule has 0 bridgehead atoms. The number of hydrogen-bond donors (Lipinski definition) is 4. The van der Waals surface area contributed by atoms with E-state index in [1.165, 1.54) is 0 Å². The molecule has 2 aromatic rings. The molecule has 0 radical (unpaired) electrons. The lowest BCUT2D eigenvalue weighted by atomic mass is 10.1. The van der Waals surface area contributed by atoms with Crippen LogP contribution in [0.4, 0.5) is 11.4 Å². The summed E-state index contributed by atoms with van der Waals surface area (Å²) in [5.41, 5.74) is 2.61. The Bertz CT molecular complexity index is 617. The third kappa shape index (κ3) is 6.10. The Morgan fingerprint density at radius 2 is 1.78 bits per heavy atom. The molecule has 2 aromatic carbocycles. The van der Waals surface area contributed by atoms with E-state index in [9.17, 15) is 9.90 Å². The fourth-order valence-corrected chi connectivity index (χ4v) is 2.13. The summed E-state index contributed by atoms with van der Waals surface area (Å²) in [5.74, 6) is -0.0404. The van der Waals surface area contributed by atoms with Crippen LogP contribution in [0.25, 0.3) is 0 Å². The van der Waals surface area contributed by atoms with Gasteiger partial charge in [0, 0.05) is 24.3 Å². The quantitative estimate of drug-likeness (QED) is 0.601. The van der Waals surface area contributed by atoms with Crippen molar-refractivity contribution in [1.82, 2.24) is 0 Å². The number of benzene rings is 2. The van der Waals surface area contributed by atoms with Gasteiger partial charge in [-0.1, -0.05) is 36.4 Å². The average Bonchev–Trinajstić information content (AvgIpc) is 2.59. The van der Waals surface area contributed by atoms with E-state index in [1.54, 1.807) is 6.07 Å². The second-order valence-electron chi connectivity index (χ2n) is 5.33. The lowest BCUT2D eigenvalue weighted by Gasteiger charge is -2.12. The van der Waals surface area contributed by atoms with Crippen LogP contribution in [0.15, 0.2) is 54.6 Å². The van der Waals surface area contributed by atoms with Crippen molar-refractivity contribution < 1.29 is 15.0 Å². The van der Waals surface area contributed by atoms with Crippen molar-refractivity contribution in [3.63, 3.8) is 0 Å². The van der Waals surface area contributed by atoms with E-state index in [-0.39, 0.29) is 19.1 Å². The lowest BCUT2D eigenvalue weighted by molar-refractivity contribution is -0.116. The molecule has 1 unspecified atom stereocenters. The number of aliphatic hydroxyl groups excluding tert-OH is 2. The van der Waals surface area contributed by atoms with E-state index in [0.717, 1.165) is 11.3 Å². The minimum Gasteiger partial charge on any atom is -0.394 e. The van der Waals surface area contributed by atoms with Crippen molar-refractivity contribution >= 4 is 17.3 Å². The van der Waals surface area contributed by atoms with Crippen LogP contribution in [-0.4, -0.2) is 35.4 Å². The molecule has 5 heteroatoms. The summed E-state index contributed by atoms with van der Waals surface area (Å²) < 4.78 is 0. The van der Waals surface area contributed by atoms with Gasteiger partial charge >= 0.3 is 0 Å². The normalized spacial score (nSPS) is 11.7. The Balaban J connectivity index is 1.83. The van der Waals surface area contributed by atoms with Crippen LogP contribution in [0.5, 0.6) is 0 Å². The topological polar surface area (TPSA) is 81.6 Å². The van der Waals surface area contributed by atoms with E-state index in [4.69, 9.17) is 5.11 Å². The van der Waals surface area contributed by atoms with Crippen molar-refractivity contribution in [3.8, 4) is 0 Å². The standard InChI is InChI=1S/C18H22N2O3/c21-13-17(22)12-19-15-7-4-8-16(11-15)20-18(23)10-9-14-5-2-1-3-6-14/h1-8,11,17,19,21-22H,9-10,12-13H2,(H,20,23). The summed E-state index contributed by atoms with van der Waals surface area (Å²) in [6.07, 6.45) is 0.317. The highest BCUT2D eigenvalue weighted by Gasteiger charge is 2.05. The third-order valence-corrected chi connectivity index (χ3v) is 3.38. The third-order valence-electron chi connectivity index (χ3n) is 3.38. The second-order valence-corrected chi connectivity index (χ2v) is 5.33. The van der Waals surface area contributed by atoms with Gasteiger partial charge in [-0.2, -0.15) is 0 Å². The molecule has 1 atom stereocenters. The van der Waals surface area contributed by atoms with Gasteiger partial charge in [0.25, 0.3) is 0 Å². The number of anilines is 2. The maximum absolute atomic E-state index is 12.0. The molecule has 5 nitrogen and oxygen atoms in total. The highest BCUT2D eigenvalue weighted by molar-refractivity contribution is 5.91. The van der Waals surface area contributed by atoms with E-state index in [0.29, 0.717) is 18.5 Å². The summed E-state index contributed by atoms with van der Waals surface area (Å²) in [5, 5.41) is 24.0. The summed E-state index contributed by atoms with van der Waals surface area (Å²) in [4.78, 5) is 12.0. The number of carbonyl (C=O) groups is 1. The summed E-state index contributed by atoms with van der Waals surface area (Å²) in [7, 11) is 0. The molecule has 0 aliphatic rings. The molecular weight excluding hydrogens is 292 g/mol. The van der Waals surface area contributed by atoms with Crippen LogP contribution in [0, 0.1) is 0 Å². The maximum Gasteiger partial charge on any atom is 0.224 e. The number of aryl methyl sites for hydroxylation is 1. The Labute approximate surface area is 136 Å². The molecule has 122 valence electrons. The van der Waals surface area contributed by atoms with E-state index >= 15 is 0 Å². The molecule has 0 fully saturated rings. The van der Waals surface area contributed by atoms with E-state index < -0.39 is 6.10 Å². The van der Waals surface area contributed by atoms with Crippen LogP contribution in [0.3, 0.4) is 0 Å². The fraction of sp³-hybridized carbons (Fsp3) is 0.278. The van der Waals surface area contributed by atoms with Crippen molar-refractivity contribution in [3.05, 3.63) is 60.2 Å². The predicted molar refractivity (Wildman–Crippen MR) is 91.4 cm³/mol. The van der Waals surface area contributed by atoms with Gasteiger partial charge in [-0.05, 0) is 30.2 Å². The van der Waals surface area contributed by atoms with Crippen molar-refractivity contribution in [2.24, 2.45) is 0 Å². The smallest absolute Gasteiger partial charge is 0.224 e. The van der Waals surface area contributed by atoms with Gasteiger partial charge in [-0.15, -0.1) is 0 Å². The minimum absolute atomic E-state index is 0.0404. The van der Waals surface area contributed by atoms with Gasteiger partial charge in [0.1, 0.15) is 0 Å². The van der Waals surface area contributed by atoms with E-state index in [1.807, 2.05) is 48.5 Å². The Hall–Kier alpha value is -2.37. The summed E-state index contributed by atoms with van der Waals surface area (Å²) in [6, 6.07) is 17.2. The second kappa shape index (κ2) is 8.92. The van der Waals surface area contributed by atoms with Gasteiger partial charge in [0.15, 0.2) is 0 Å². The molecule has 4 N–H and O–H groups in total. The van der Waals surface area contributed by atoms with Gasteiger partial charge in [-0.25, -0.2) is 0 Å². The number of amides is 1. The predicted octanol–water partition coefficient (Wildman–Crippen LogP) is 2.02. The SMILES string of the molecule is O=C(CCc1ccccc1)Nc1cccc(NCC(O)CO)c1. The van der Waals surface area contributed by atoms with Gasteiger partial charge in [-0.3, -0.25) is 4.79 Å². The molecule has 0 spiro atoms. The Morgan fingerprint density at radius 3 is 2.52 bits per heavy atom. The number of carbonyl (C=O) groups excluding carboxylic acids is 1. The highest BCUT2D eigenvalue weighted by Crippen LogP contribution is 2.15. The van der Waals surface area contributed by atoms with Gasteiger partial charge in [0.05, 0.1) is 12.7 Å². The molecule has 0 heterocycles. The molecule has 1 amide bonds.